The second kappa shape index (κ2) is 8.56. The SMILES string of the molecule is Cl.Cl.O=C(c1ccc(C(F)(F)F)nc1)N1CCC2(CCNCC2)CC1. The number of pyridine rings is 1. The van der Waals surface area contributed by atoms with Gasteiger partial charge in [0.25, 0.3) is 5.91 Å². The zero-order valence-corrected chi connectivity index (χ0v) is 15.3. The number of halogens is 5. The van der Waals surface area contributed by atoms with Crippen LogP contribution in [0.1, 0.15) is 41.7 Å². The van der Waals surface area contributed by atoms with E-state index in [2.05, 4.69) is 10.3 Å². The molecule has 0 unspecified atom stereocenters. The van der Waals surface area contributed by atoms with Gasteiger partial charge in [-0.05, 0) is 56.3 Å². The maximum Gasteiger partial charge on any atom is 0.433 e. The van der Waals surface area contributed by atoms with E-state index < -0.39 is 11.9 Å². The molecular formula is C16H22Cl2F3N3O. The molecule has 2 aliphatic heterocycles. The number of hydrogen-bond donors (Lipinski definition) is 1. The van der Waals surface area contributed by atoms with Gasteiger partial charge in [-0.3, -0.25) is 9.78 Å². The number of rotatable bonds is 1. The van der Waals surface area contributed by atoms with Gasteiger partial charge in [0.15, 0.2) is 0 Å². The van der Waals surface area contributed by atoms with Crippen LogP contribution in [0.2, 0.25) is 0 Å². The summed E-state index contributed by atoms with van der Waals surface area (Å²) in [6, 6.07) is 2.08. The monoisotopic (exact) mass is 399 g/mol. The van der Waals surface area contributed by atoms with Crippen LogP contribution in [0.15, 0.2) is 18.3 Å². The van der Waals surface area contributed by atoms with Gasteiger partial charge in [0, 0.05) is 19.3 Å². The van der Waals surface area contributed by atoms with Gasteiger partial charge in [-0.15, -0.1) is 24.8 Å². The molecule has 0 atom stereocenters. The first kappa shape index (κ1) is 22.0. The van der Waals surface area contributed by atoms with Crippen molar-refractivity contribution in [1.29, 1.82) is 0 Å². The van der Waals surface area contributed by atoms with Gasteiger partial charge in [0.05, 0.1) is 5.56 Å². The second-order valence-electron chi connectivity index (χ2n) is 6.47. The molecule has 0 radical (unpaired) electrons. The van der Waals surface area contributed by atoms with E-state index in [1.54, 1.807) is 4.90 Å². The van der Waals surface area contributed by atoms with E-state index in [4.69, 9.17) is 0 Å². The minimum atomic E-state index is -4.48. The van der Waals surface area contributed by atoms with Crippen molar-refractivity contribution in [3.8, 4) is 0 Å². The molecule has 0 bridgehead atoms. The molecule has 2 saturated heterocycles. The smallest absolute Gasteiger partial charge is 0.339 e. The largest absolute Gasteiger partial charge is 0.433 e. The lowest BCUT2D eigenvalue weighted by molar-refractivity contribution is -0.141. The van der Waals surface area contributed by atoms with Crippen LogP contribution >= 0.6 is 24.8 Å². The van der Waals surface area contributed by atoms with E-state index in [0.29, 0.717) is 18.5 Å². The van der Waals surface area contributed by atoms with E-state index in [0.717, 1.165) is 51.0 Å². The number of carbonyl (C=O) groups excluding carboxylic acids is 1. The molecule has 2 fully saturated rings. The average molecular weight is 400 g/mol. The zero-order valence-electron chi connectivity index (χ0n) is 13.6. The Morgan fingerprint density at radius 1 is 1.08 bits per heavy atom. The molecule has 1 spiro atoms. The predicted molar refractivity (Wildman–Crippen MR) is 93.4 cm³/mol. The number of nitrogens with one attached hydrogen (secondary N) is 1. The molecule has 9 heteroatoms. The Balaban J connectivity index is 0.00000156. The first-order chi connectivity index (χ1) is 10.9. The van der Waals surface area contributed by atoms with Gasteiger partial charge in [-0.2, -0.15) is 13.2 Å². The Kier molecular flexibility index (Phi) is 7.53. The molecule has 0 aromatic carbocycles. The number of piperidine rings is 2. The third-order valence-electron chi connectivity index (χ3n) is 5.08. The second-order valence-corrected chi connectivity index (χ2v) is 6.47. The highest BCUT2D eigenvalue weighted by Gasteiger charge is 2.37. The van der Waals surface area contributed by atoms with Gasteiger partial charge in [0.1, 0.15) is 5.69 Å². The van der Waals surface area contributed by atoms with Crippen molar-refractivity contribution < 1.29 is 18.0 Å². The minimum Gasteiger partial charge on any atom is -0.339 e. The molecule has 0 saturated carbocycles. The van der Waals surface area contributed by atoms with E-state index in [1.807, 2.05) is 0 Å². The summed E-state index contributed by atoms with van der Waals surface area (Å²) in [6.07, 6.45) is 0.755. The average Bonchev–Trinajstić information content (AvgIpc) is 2.55. The van der Waals surface area contributed by atoms with Crippen LogP contribution in [0, 0.1) is 5.41 Å². The van der Waals surface area contributed by atoms with Gasteiger partial charge >= 0.3 is 6.18 Å². The summed E-state index contributed by atoms with van der Waals surface area (Å²) in [4.78, 5) is 17.5. The fourth-order valence-electron chi connectivity index (χ4n) is 3.51. The van der Waals surface area contributed by atoms with Crippen LogP contribution in [-0.2, 0) is 6.18 Å². The van der Waals surface area contributed by atoms with Crippen LogP contribution in [0.25, 0.3) is 0 Å². The number of carbonyl (C=O) groups is 1. The summed E-state index contributed by atoms with van der Waals surface area (Å²) >= 11 is 0. The van der Waals surface area contributed by atoms with Crippen LogP contribution in [0.5, 0.6) is 0 Å². The first-order valence-corrected chi connectivity index (χ1v) is 7.93. The Bertz CT molecular complexity index is 565. The Hall–Kier alpha value is -1.05. The topological polar surface area (TPSA) is 45.2 Å². The normalized spacial score (nSPS) is 19.7. The van der Waals surface area contributed by atoms with Crippen LogP contribution in [-0.4, -0.2) is 42.0 Å². The third-order valence-corrected chi connectivity index (χ3v) is 5.08. The number of alkyl halides is 3. The molecule has 1 N–H and O–H groups in total. The number of aromatic nitrogens is 1. The summed E-state index contributed by atoms with van der Waals surface area (Å²) in [5.41, 5.74) is -0.416. The summed E-state index contributed by atoms with van der Waals surface area (Å²) in [5.74, 6) is -0.227. The van der Waals surface area contributed by atoms with Crippen molar-refractivity contribution >= 4 is 30.7 Å². The van der Waals surface area contributed by atoms with Gasteiger partial charge < -0.3 is 10.2 Å². The minimum absolute atomic E-state index is 0. The van der Waals surface area contributed by atoms with E-state index in [-0.39, 0.29) is 36.3 Å². The molecule has 4 nitrogen and oxygen atoms in total. The number of nitrogens with zero attached hydrogens (tertiary/aromatic N) is 2. The van der Waals surface area contributed by atoms with Crippen molar-refractivity contribution in [1.82, 2.24) is 15.2 Å². The summed E-state index contributed by atoms with van der Waals surface area (Å²) in [6.45, 7) is 3.38. The van der Waals surface area contributed by atoms with Crippen molar-refractivity contribution in [2.24, 2.45) is 5.41 Å². The molecular weight excluding hydrogens is 378 g/mol. The quantitative estimate of drug-likeness (QED) is 0.785. The molecule has 1 aromatic heterocycles. The molecule has 3 heterocycles. The van der Waals surface area contributed by atoms with Crippen LogP contribution < -0.4 is 5.32 Å². The van der Waals surface area contributed by atoms with Gasteiger partial charge in [0.2, 0.25) is 0 Å². The van der Waals surface area contributed by atoms with Crippen molar-refractivity contribution in [3.05, 3.63) is 29.6 Å². The molecule has 0 aliphatic carbocycles. The molecule has 1 amide bonds. The highest BCUT2D eigenvalue weighted by atomic mass is 35.5. The molecule has 3 rings (SSSR count). The van der Waals surface area contributed by atoms with E-state index in [9.17, 15) is 18.0 Å². The van der Waals surface area contributed by atoms with Gasteiger partial charge in [-0.25, -0.2) is 0 Å². The lowest BCUT2D eigenvalue weighted by Gasteiger charge is -2.44. The molecule has 1 aromatic rings. The van der Waals surface area contributed by atoms with Crippen molar-refractivity contribution in [3.63, 3.8) is 0 Å². The lowest BCUT2D eigenvalue weighted by atomic mass is 9.71. The highest BCUT2D eigenvalue weighted by Crippen LogP contribution is 2.39. The number of likely N-dealkylation sites (tertiary alicyclic amines) is 1. The van der Waals surface area contributed by atoms with Crippen molar-refractivity contribution in [2.75, 3.05) is 26.2 Å². The highest BCUT2D eigenvalue weighted by molar-refractivity contribution is 5.94. The zero-order chi connectivity index (χ0) is 16.5. The Labute approximate surface area is 157 Å². The van der Waals surface area contributed by atoms with Crippen LogP contribution in [0.4, 0.5) is 13.2 Å². The lowest BCUT2D eigenvalue weighted by Crippen LogP contribution is -2.47. The summed E-state index contributed by atoms with van der Waals surface area (Å²) in [7, 11) is 0. The standard InChI is InChI=1S/C16H20F3N3O.2ClH/c17-16(18,19)13-2-1-12(11-21-13)14(23)22-9-5-15(6-10-22)3-7-20-8-4-15;;/h1-2,11,20H,3-10H2;2*1H. The Morgan fingerprint density at radius 3 is 2.16 bits per heavy atom. The summed E-state index contributed by atoms with van der Waals surface area (Å²) < 4.78 is 37.5. The molecule has 25 heavy (non-hydrogen) atoms. The van der Waals surface area contributed by atoms with Crippen LogP contribution in [0.3, 0.4) is 0 Å². The molecule has 142 valence electrons. The fourth-order valence-corrected chi connectivity index (χ4v) is 3.51. The van der Waals surface area contributed by atoms with Crippen molar-refractivity contribution in [2.45, 2.75) is 31.9 Å². The number of hydrogen-bond acceptors (Lipinski definition) is 3. The first-order valence-electron chi connectivity index (χ1n) is 7.93. The molecule has 2 aliphatic rings. The third kappa shape index (κ3) is 4.99. The van der Waals surface area contributed by atoms with Gasteiger partial charge in [-0.1, -0.05) is 0 Å². The fraction of sp³-hybridized carbons (Fsp3) is 0.625. The number of amides is 1. The van der Waals surface area contributed by atoms with E-state index in [1.165, 1.54) is 6.07 Å². The summed E-state index contributed by atoms with van der Waals surface area (Å²) in [5, 5.41) is 3.35. The maximum atomic E-state index is 12.5. The van der Waals surface area contributed by atoms with E-state index >= 15 is 0 Å². The predicted octanol–water partition coefficient (Wildman–Crippen LogP) is 3.55. The maximum absolute atomic E-state index is 12.5. The Morgan fingerprint density at radius 2 is 1.68 bits per heavy atom.